The molecule has 1 aromatic rings. The van der Waals surface area contributed by atoms with E-state index >= 15 is 0 Å². The van der Waals surface area contributed by atoms with Gasteiger partial charge in [0.1, 0.15) is 13.2 Å². The van der Waals surface area contributed by atoms with Gasteiger partial charge in [0.05, 0.1) is 11.5 Å². The second-order valence-corrected chi connectivity index (χ2v) is 3.99. The molecule has 0 fully saturated rings. The minimum Gasteiger partial charge on any atom is -0.445 e. The van der Waals surface area contributed by atoms with Crippen molar-refractivity contribution in [1.82, 2.24) is 0 Å². The predicted octanol–water partition coefficient (Wildman–Crippen LogP) is 2.87. The Morgan fingerprint density at radius 3 is 2.30 bits per heavy atom. The summed E-state index contributed by atoms with van der Waals surface area (Å²) in [4.78, 5) is 32.2. The van der Waals surface area contributed by atoms with Crippen LogP contribution in [0.1, 0.15) is 6.92 Å². The van der Waals surface area contributed by atoms with Crippen LogP contribution in [0.15, 0.2) is 36.4 Å². The molecule has 9 nitrogen and oxygen atoms in total. The average Bonchev–Trinajstić information content (AvgIpc) is 2.51. The van der Waals surface area contributed by atoms with Gasteiger partial charge in [-0.15, -0.1) is 0 Å². The number of non-ortho nitro benzene ring substituents is 1. The van der Waals surface area contributed by atoms with Crippen molar-refractivity contribution in [2.75, 3.05) is 25.1 Å². The third-order valence-corrected chi connectivity index (χ3v) is 2.36. The van der Waals surface area contributed by atoms with E-state index < -0.39 is 17.2 Å². The summed E-state index contributed by atoms with van der Waals surface area (Å²) in [6.07, 6.45) is 1.51. The standard InChI is InChI=1S/C14H16N2O7/c1-2-21-14(18)23-10-4-3-9-22-13(17)15-11-5-7-12(8-6-11)16(19)20/h3-8H,2,9-10H2,1H3,(H,15,17)/b4-3-. The molecule has 0 atom stereocenters. The van der Waals surface area contributed by atoms with Gasteiger partial charge in [-0.2, -0.15) is 0 Å². The highest BCUT2D eigenvalue weighted by atomic mass is 16.7. The van der Waals surface area contributed by atoms with Gasteiger partial charge in [0.2, 0.25) is 0 Å². The topological polar surface area (TPSA) is 117 Å². The van der Waals surface area contributed by atoms with E-state index in [0.29, 0.717) is 5.69 Å². The summed E-state index contributed by atoms with van der Waals surface area (Å²) in [6.45, 7) is 1.88. The average molecular weight is 324 g/mol. The van der Waals surface area contributed by atoms with Gasteiger partial charge in [-0.25, -0.2) is 9.59 Å². The summed E-state index contributed by atoms with van der Waals surface area (Å²) in [7, 11) is 0. The molecule has 0 spiro atoms. The molecule has 9 heteroatoms. The number of carbonyl (C=O) groups is 2. The molecule has 1 amide bonds. The molecule has 1 rings (SSSR count). The number of rotatable bonds is 7. The highest BCUT2D eigenvalue weighted by molar-refractivity contribution is 5.84. The highest BCUT2D eigenvalue weighted by Crippen LogP contribution is 2.15. The van der Waals surface area contributed by atoms with E-state index in [1.54, 1.807) is 6.92 Å². The fraction of sp³-hybridized carbons (Fsp3) is 0.286. The number of ether oxygens (including phenoxy) is 3. The summed E-state index contributed by atoms with van der Waals surface area (Å²) >= 11 is 0. The normalized spacial score (nSPS) is 10.1. The summed E-state index contributed by atoms with van der Waals surface area (Å²) in [6, 6.07) is 5.31. The van der Waals surface area contributed by atoms with Crippen LogP contribution in [0.3, 0.4) is 0 Å². The van der Waals surface area contributed by atoms with Crippen LogP contribution in [0.25, 0.3) is 0 Å². The van der Waals surface area contributed by atoms with E-state index in [2.05, 4.69) is 14.8 Å². The lowest BCUT2D eigenvalue weighted by Gasteiger charge is -2.05. The first kappa shape index (κ1) is 18.0. The first-order chi connectivity index (χ1) is 11.0. The molecule has 0 unspecified atom stereocenters. The summed E-state index contributed by atoms with van der Waals surface area (Å²) in [5.74, 6) is 0. The lowest BCUT2D eigenvalue weighted by atomic mass is 10.3. The summed E-state index contributed by atoms with van der Waals surface area (Å²) in [5, 5.41) is 12.9. The maximum Gasteiger partial charge on any atom is 0.508 e. The van der Waals surface area contributed by atoms with Crippen molar-refractivity contribution in [2.24, 2.45) is 0 Å². The fourth-order valence-electron chi connectivity index (χ4n) is 1.36. The predicted molar refractivity (Wildman–Crippen MR) is 80.2 cm³/mol. The molecule has 0 aromatic heterocycles. The Bertz CT molecular complexity index is 569. The number of amides is 1. The van der Waals surface area contributed by atoms with Crippen LogP contribution in [0.5, 0.6) is 0 Å². The number of nitrogens with zero attached hydrogens (tertiary/aromatic N) is 1. The zero-order chi connectivity index (χ0) is 17.1. The molecule has 0 aliphatic carbocycles. The second-order valence-electron chi connectivity index (χ2n) is 3.99. The fourth-order valence-corrected chi connectivity index (χ4v) is 1.36. The third kappa shape index (κ3) is 7.46. The number of hydrogen-bond donors (Lipinski definition) is 1. The Kier molecular flexibility index (Phi) is 7.62. The first-order valence-corrected chi connectivity index (χ1v) is 6.65. The monoisotopic (exact) mass is 324 g/mol. The lowest BCUT2D eigenvalue weighted by molar-refractivity contribution is -0.384. The maximum atomic E-state index is 11.5. The van der Waals surface area contributed by atoms with E-state index in [0.717, 1.165) is 0 Å². The molecule has 0 heterocycles. The Morgan fingerprint density at radius 1 is 1.13 bits per heavy atom. The quantitative estimate of drug-likeness (QED) is 0.354. The van der Waals surface area contributed by atoms with Gasteiger partial charge in [-0.05, 0) is 31.2 Å². The molecule has 0 saturated carbocycles. The second kappa shape index (κ2) is 9.77. The van der Waals surface area contributed by atoms with Gasteiger partial charge >= 0.3 is 12.2 Å². The van der Waals surface area contributed by atoms with Gasteiger partial charge in [-0.3, -0.25) is 15.4 Å². The molecule has 1 N–H and O–H groups in total. The largest absolute Gasteiger partial charge is 0.508 e. The van der Waals surface area contributed by atoms with Crippen LogP contribution in [0, 0.1) is 10.1 Å². The van der Waals surface area contributed by atoms with Gasteiger partial charge in [-0.1, -0.05) is 0 Å². The lowest BCUT2D eigenvalue weighted by Crippen LogP contribution is -2.13. The van der Waals surface area contributed by atoms with Gasteiger partial charge < -0.3 is 14.2 Å². The molecular weight excluding hydrogens is 308 g/mol. The number of hydrogen-bond acceptors (Lipinski definition) is 7. The Morgan fingerprint density at radius 2 is 1.74 bits per heavy atom. The number of anilines is 1. The molecule has 0 aliphatic rings. The number of benzene rings is 1. The van der Waals surface area contributed by atoms with Crippen molar-refractivity contribution in [3.8, 4) is 0 Å². The molecular formula is C14H16N2O7. The minimum atomic E-state index is -0.769. The molecule has 0 bridgehead atoms. The smallest absolute Gasteiger partial charge is 0.445 e. The summed E-state index contributed by atoms with van der Waals surface area (Å²) in [5.41, 5.74) is 0.295. The Hall–Kier alpha value is -3.10. The van der Waals surface area contributed by atoms with E-state index in [4.69, 9.17) is 4.74 Å². The third-order valence-electron chi connectivity index (χ3n) is 2.36. The van der Waals surface area contributed by atoms with Crippen molar-refractivity contribution < 1.29 is 28.7 Å². The first-order valence-electron chi connectivity index (χ1n) is 6.65. The van der Waals surface area contributed by atoms with Gasteiger partial charge in [0.15, 0.2) is 0 Å². The van der Waals surface area contributed by atoms with E-state index in [1.165, 1.54) is 36.4 Å². The van der Waals surface area contributed by atoms with Crippen LogP contribution >= 0.6 is 0 Å². The molecule has 0 aliphatic heterocycles. The number of nitrogens with one attached hydrogen (secondary N) is 1. The zero-order valence-electron chi connectivity index (χ0n) is 12.4. The van der Waals surface area contributed by atoms with Crippen LogP contribution in [-0.4, -0.2) is 37.0 Å². The molecule has 23 heavy (non-hydrogen) atoms. The molecule has 0 radical (unpaired) electrons. The highest BCUT2D eigenvalue weighted by Gasteiger charge is 2.06. The van der Waals surface area contributed by atoms with Crippen molar-refractivity contribution in [2.45, 2.75) is 6.92 Å². The zero-order valence-corrected chi connectivity index (χ0v) is 12.4. The van der Waals surface area contributed by atoms with E-state index in [-0.39, 0.29) is 25.5 Å². The van der Waals surface area contributed by atoms with E-state index in [1.807, 2.05) is 0 Å². The summed E-state index contributed by atoms with van der Waals surface area (Å²) < 4.78 is 14.0. The van der Waals surface area contributed by atoms with Gasteiger partial charge in [0, 0.05) is 17.8 Å². The molecule has 0 saturated heterocycles. The maximum absolute atomic E-state index is 11.5. The van der Waals surface area contributed by atoms with Crippen LogP contribution in [-0.2, 0) is 14.2 Å². The number of nitro benzene ring substituents is 1. The number of carbonyl (C=O) groups excluding carboxylic acids is 2. The molecule has 1 aromatic carbocycles. The van der Waals surface area contributed by atoms with Crippen molar-refractivity contribution in [3.63, 3.8) is 0 Å². The van der Waals surface area contributed by atoms with Crippen molar-refractivity contribution in [1.29, 1.82) is 0 Å². The van der Waals surface area contributed by atoms with Crippen LogP contribution in [0.2, 0.25) is 0 Å². The minimum absolute atomic E-state index is 0.00612. The van der Waals surface area contributed by atoms with Crippen LogP contribution < -0.4 is 5.32 Å². The van der Waals surface area contributed by atoms with E-state index in [9.17, 15) is 19.7 Å². The van der Waals surface area contributed by atoms with Crippen molar-refractivity contribution in [3.05, 3.63) is 46.5 Å². The van der Waals surface area contributed by atoms with Gasteiger partial charge in [0.25, 0.3) is 5.69 Å². The Labute approximate surface area is 132 Å². The Balaban J connectivity index is 2.24. The van der Waals surface area contributed by atoms with Crippen molar-refractivity contribution >= 4 is 23.6 Å². The number of nitro groups is 1. The molecule has 124 valence electrons. The van der Waals surface area contributed by atoms with Crippen LogP contribution in [0.4, 0.5) is 21.0 Å². The SMILES string of the molecule is CCOC(=O)OC/C=C\COC(=O)Nc1ccc([N+](=O)[O-])cc1.